The molecule has 0 radical (unpaired) electrons. The van der Waals surface area contributed by atoms with Gasteiger partial charge in [-0.05, 0) is 56.5 Å². The molecular weight excluding hydrogens is 358 g/mol. The summed E-state index contributed by atoms with van der Waals surface area (Å²) in [4.78, 5) is 16.5. The predicted octanol–water partition coefficient (Wildman–Crippen LogP) is 5.39. The largest absolute Gasteiger partial charge is 0.469 e. The van der Waals surface area contributed by atoms with Crippen LogP contribution in [0.1, 0.15) is 58.3 Å². The fraction of sp³-hybridized carbons (Fsp3) is 0.714. The Balaban J connectivity index is 2.94. The van der Waals surface area contributed by atoms with Gasteiger partial charge in [0.25, 0.3) is 0 Å². The number of esters is 1. The van der Waals surface area contributed by atoms with Gasteiger partial charge in [0.1, 0.15) is 7.11 Å². The summed E-state index contributed by atoms with van der Waals surface area (Å²) in [6.07, 6.45) is 12.0. The molecule has 1 unspecified atom stereocenters. The molecule has 0 spiro atoms. The van der Waals surface area contributed by atoms with Crippen LogP contribution in [0.15, 0.2) is 28.5 Å². The summed E-state index contributed by atoms with van der Waals surface area (Å²) in [6.45, 7) is 8.91. The van der Waals surface area contributed by atoms with Crippen molar-refractivity contribution in [2.24, 2.45) is 5.16 Å². The molecule has 5 nitrogen and oxygen atoms in total. The van der Waals surface area contributed by atoms with Crippen LogP contribution in [0.5, 0.6) is 0 Å². The fourth-order valence-corrected chi connectivity index (χ4v) is 4.34. The van der Waals surface area contributed by atoms with Crippen molar-refractivity contribution < 1.29 is 18.8 Å². The second-order valence-corrected chi connectivity index (χ2v) is 12.4. The van der Waals surface area contributed by atoms with Crippen molar-refractivity contribution in [3.63, 3.8) is 0 Å². The summed E-state index contributed by atoms with van der Waals surface area (Å²) < 4.78 is 11.2. The third-order valence-corrected chi connectivity index (χ3v) is 5.49. The molecule has 0 fully saturated rings. The van der Waals surface area contributed by atoms with Gasteiger partial charge < -0.3 is 14.0 Å². The number of unbranched alkanes of at least 4 members (excludes halogenated alkanes) is 2. The van der Waals surface area contributed by atoms with Crippen molar-refractivity contribution in [3.8, 4) is 0 Å². The van der Waals surface area contributed by atoms with Crippen LogP contribution < -0.4 is 0 Å². The highest BCUT2D eigenvalue weighted by molar-refractivity contribution is 6.69. The SMILES string of the molecule is CCCCCC(/C=C/C1=C(CCC(=O)OC)C(=N/OC)/CC1)O[Si](C)(C)C. The number of rotatable bonds is 12. The molecule has 0 amide bonds. The molecule has 1 aliphatic carbocycles. The van der Waals surface area contributed by atoms with Crippen LogP contribution in [-0.2, 0) is 18.8 Å². The van der Waals surface area contributed by atoms with Gasteiger partial charge in [0.2, 0.25) is 0 Å². The van der Waals surface area contributed by atoms with Crippen LogP contribution in [-0.4, -0.2) is 40.3 Å². The Morgan fingerprint density at radius 1 is 1.22 bits per heavy atom. The van der Waals surface area contributed by atoms with Crippen molar-refractivity contribution in [2.45, 2.75) is 84.0 Å². The van der Waals surface area contributed by atoms with Crippen molar-refractivity contribution in [1.29, 1.82) is 0 Å². The number of carbonyl (C=O) groups excluding carboxylic acids is 1. The van der Waals surface area contributed by atoms with E-state index in [1.165, 1.54) is 31.9 Å². The molecule has 0 saturated carbocycles. The van der Waals surface area contributed by atoms with Gasteiger partial charge in [-0.25, -0.2) is 0 Å². The highest BCUT2D eigenvalue weighted by Gasteiger charge is 2.23. The van der Waals surface area contributed by atoms with E-state index in [-0.39, 0.29) is 12.1 Å². The molecule has 1 atom stereocenters. The number of hydrogen-bond acceptors (Lipinski definition) is 5. The normalized spacial score (nSPS) is 17.8. The Bertz CT molecular complexity index is 561. The summed E-state index contributed by atoms with van der Waals surface area (Å²) in [5, 5.41) is 4.15. The van der Waals surface area contributed by atoms with Gasteiger partial charge in [-0.2, -0.15) is 0 Å². The minimum absolute atomic E-state index is 0.154. The van der Waals surface area contributed by atoms with Crippen LogP contribution in [0.3, 0.4) is 0 Å². The molecule has 0 aromatic rings. The van der Waals surface area contributed by atoms with Gasteiger partial charge in [-0.1, -0.05) is 43.5 Å². The zero-order valence-electron chi connectivity index (χ0n) is 18.0. The van der Waals surface area contributed by atoms with E-state index in [0.29, 0.717) is 12.8 Å². The van der Waals surface area contributed by atoms with Gasteiger partial charge in [-0.3, -0.25) is 4.79 Å². The third kappa shape index (κ3) is 9.38. The van der Waals surface area contributed by atoms with Gasteiger partial charge in [0, 0.05) is 6.42 Å². The van der Waals surface area contributed by atoms with Crippen molar-refractivity contribution in [1.82, 2.24) is 0 Å². The highest BCUT2D eigenvalue weighted by atomic mass is 28.4. The maximum Gasteiger partial charge on any atom is 0.305 e. The molecule has 0 aromatic heterocycles. The number of nitrogens with zero attached hydrogens (tertiary/aromatic N) is 1. The first kappa shape index (κ1) is 23.6. The average Bonchev–Trinajstić information content (AvgIpc) is 2.98. The van der Waals surface area contributed by atoms with Crippen LogP contribution in [0.4, 0.5) is 0 Å². The molecule has 0 heterocycles. The summed E-state index contributed by atoms with van der Waals surface area (Å²) in [5.41, 5.74) is 3.28. The molecule has 0 aliphatic heterocycles. The molecule has 1 rings (SSSR count). The monoisotopic (exact) mass is 395 g/mol. The molecule has 0 bridgehead atoms. The molecule has 1 aliphatic rings. The lowest BCUT2D eigenvalue weighted by molar-refractivity contribution is -0.140. The summed E-state index contributed by atoms with van der Waals surface area (Å²) in [6, 6.07) is 0. The second kappa shape index (κ2) is 12.1. The lowest BCUT2D eigenvalue weighted by Crippen LogP contribution is -2.31. The van der Waals surface area contributed by atoms with Crippen LogP contribution >= 0.6 is 0 Å². The Morgan fingerprint density at radius 3 is 2.56 bits per heavy atom. The minimum Gasteiger partial charge on any atom is -0.469 e. The van der Waals surface area contributed by atoms with Gasteiger partial charge >= 0.3 is 5.97 Å². The van der Waals surface area contributed by atoms with E-state index in [9.17, 15) is 4.79 Å². The molecule has 154 valence electrons. The van der Waals surface area contributed by atoms with E-state index >= 15 is 0 Å². The van der Waals surface area contributed by atoms with E-state index < -0.39 is 8.32 Å². The second-order valence-electron chi connectivity index (χ2n) is 7.92. The van der Waals surface area contributed by atoms with Crippen molar-refractivity contribution >= 4 is 20.0 Å². The maximum absolute atomic E-state index is 11.6. The van der Waals surface area contributed by atoms with E-state index in [1.807, 2.05) is 0 Å². The lowest BCUT2D eigenvalue weighted by atomic mass is 10.0. The predicted molar refractivity (Wildman–Crippen MR) is 113 cm³/mol. The fourth-order valence-electron chi connectivity index (χ4n) is 3.24. The number of ether oxygens (including phenoxy) is 1. The van der Waals surface area contributed by atoms with Crippen LogP contribution in [0.25, 0.3) is 0 Å². The zero-order chi connectivity index (χ0) is 20.3. The van der Waals surface area contributed by atoms with E-state index in [2.05, 4.69) is 43.9 Å². The molecule has 0 N–H and O–H groups in total. The van der Waals surface area contributed by atoms with Crippen LogP contribution in [0.2, 0.25) is 19.6 Å². The highest BCUT2D eigenvalue weighted by Crippen LogP contribution is 2.29. The number of carbonyl (C=O) groups is 1. The molecular formula is C21H37NO4Si. The smallest absolute Gasteiger partial charge is 0.305 e. The molecule has 0 saturated heterocycles. The van der Waals surface area contributed by atoms with Gasteiger partial charge in [-0.15, -0.1) is 0 Å². The quantitative estimate of drug-likeness (QED) is 0.192. The Kier molecular flexibility index (Phi) is 10.6. The van der Waals surface area contributed by atoms with Gasteiger partial charge in [0.05, 0.1) is 18.9 Å². The van der Waals surface area contributed by atoms with E-state index in [4.69, 9.17) is 14.0 Å². The summed E-state index contributed by atoms with van der Waals surface area (Å²) >= 11 is 0. The zero-order valence-corrected chi connectivity index (χ0v) is 19.0. The van der Waals surface area contributed by atoms with Crippen LogP contribution in [0, 0.1) is 0 Å². The summed E-state index contributed by atoms with van der Waals surface area (Å²) in [7, 11) is 1.37. The lowest BCUT2D eigenvalue weighted by Gasteiger charge is -2.24. The van der Waals surface area contributed by atoms with E-state index in [0.717, 1.165) is 30.5 Å². The first-order valence-corrected chi connectivity index (χ1v) is 13.5. The number of methoxy groups -OCH3 is 1. The average molecular weight is 396 g/mol. The molecule has 27 heavy (non-hydrogen) atoms. The Morgan fingerprint density at radius 2 is 1.96 bits per heavy atom. The number of allylic oxidation sites excluding steroid dienone is 3. The van der Waals surface area contributed by atoms with Gasteiger partial charge in [0.15, 0.2) is 8.32 Å². The maximum atomic E-state index is 11.6. The van der Waals surface area contributed by atoms with Crippen molar-refractivity contribution in [3.05, 3.63) is 23.3 Å². The minimum atomic E-state index is -1.61. The topological polar surface area (TPSA) is 57.1 Å². The molecule has 0 aromatic carbocycles. The van der Waals surface area contributed by atoms with E-state index in [1.54, 1.807) is 7.11 Å². The summed E-state index contributed by atoms with van der Waals surface area (Å²) in [5.74, 6) is -0.200. The standard InChI is InChI=1S/C21H37NO4Si/c1-7-8-9-10-18(26-27(4,5)6)13-11-17-12-15-20(22-25-3)19(17)14-16-21(23)24-2/h11,13,18H,7-10,12,14-16H2,1-6H3/b13-11+,22-20+. The first-order valence-electron chi connectivity index (χ1n) is 10.1. The van der Waals surface area contributed by atoms with Crippen molar-refractivity contribution in [2.75, 3.05) is 14.2 Å². The Hall–Kier alpha value is -1.40. The third-order valence-electron chi connectivity index (χ3n) is 4.48. The number of oxime groups is 1. The number of hydrogen-bond donors (Lipinski definition) is 0. The molecule has 6 heteroatoms. The first-order chi connectivity index (χ1) is 12.8. The Labute approximate surface area is 166 Å².